The molecule has 1 saturated heterocycles. The van der Waals surface area contributed by atoms with E-state index in [-0.39, 0.29) is 6.09 Å². The van der Waals surface area contributed by atoms with Crippen LogP contribution in [0.25, 0.3) is 0 Å². The van der Waals surface area contributed by atoms with Crippen molar-refractivity contribution in [3.8, 4) is 0 Å². The van der Waals surface area contributed by atoms with E-state index in [4.69, 9.17) is 4.74 Å². The van der Waals surface area contributed by atoms with Crippen molar-refractivity contribution in [3.63, 3.8) is 0 Å². The Morgan fingerprint density at radius 2 is 2.19 bits per heavy atom. The number of nitrogens with one attached hydrogen (secondary N) is 1. The lowest BCUT2D eigenvalue weighted by Gasteiger charge is -2.24. The number of likely N-dealkylation sites (tertiary alicyclic amines) is 1. The molecule has 116 valence electrons. The molecule has 1 N–H and O–H groups in total. The molecule has 2 rings (SSSR count). The molecule has 0 saturated carbocycles. The maximum absolute atomic E-state index is 12.0. The van der Waals surface area contributed by atoms with E-state index in [0.717, 1.165) is 37.6 Å². The van der Waals surface area contributed by atoms with Gasteiger partial charge in [-0.3, -0.25) is 0 Å². The van der Waals surface area contributed by atoms with E-state index in [1.807, 2.05) is 39.8 Å². The van der Waals surface area contributed by atoms with Gasteiger partial charge in [-0.1, -0.05) is 0 Å². The SMILES string of the molecule is Cc1ccc(NC[C@H]2CCN(C(=O)OC(C)(C)C)C2)nn1. The van der Waals surface area contributed by atoms with E-state index in [0.29, 0.717) is 5.92 Å². The Balaban J connectivity index is 1.77. The monoisotopic (exact) mass is 292 g/mol. The van der Waals surface area contributed by atoms with Crippen LogP contribution in [0.4, 0.5) is 10.6 Å². The molecule has 21 heavy (non-hydrogen) atoms. The first-order valence-corrected chi connectivity index (χ1v) is 7.35. The van der Waals surface area contributed by atoms with E-state index in [1.165, 1.54) is 0 Å². The van der Waals surface area contributed by atoms with E-state index >= 15 is 0 Å². The number of carbonyl (C=O) groups is 1. The Hall–Kier alpha value is -1.85. The van der Waals surface area contributed by atoms with Crippen molar-refractivity contribution in [2.75, 3.05) is 25.0 Å². The van der Waals surface area contributed by atoms with Crippen LogP contribution in [0.5, 0.6) is 0 Å². The van der Waals surface area contributed by atoms with Gasteiger partial charge in [-0.15, -0.1) is 5.10 Å². The van der Waals surface area contributed by atoms with Crippen LogP contribution in [-0.2, 0) is 4.74 Å². The Morgan fingerprint density at radius 3 is 2.81 bits per heavy atom. The molecule has 0 aliphatic carbocycles. The first-order chi connectivity index (χ1) is 9.83. The van der Waals surface area contributed by atoms with Crippen LogP contribution in [0.3, 0.4) is 0 Å². The first-order valence-electron chi connectivity index (χ1n) is 7.35. The van der Waals surface area contributed by atoms with Crippen molar-refractivity contribution in [1.82, 2.24) is 15.1 Å². The molecule has 0 bridgehead atoms. The van der Waals surface area contributed by atoms with Gasteiger partial charge in [0.05, 0.1) is 5.69 Å². The van der Waals surface area contributed by atoms with Gasteiger partial charge in [-0.2, -0.15) is 5.10 Å². The maximum Gasteiger partial charge on any atom is 0.410 e. The van der Waals surface area contributed by atoms with Crippen molar-refractivity contribution < 1.29 is 9.53 Å². The summed E-state index contributed by atoms with van der Waals surface area (Å²) in [5.41, 5.74) is 0.461. The normalized spacial score (nSPS) is 18.7. The Morgan fingerprint density at radius 1 is 1.43 bits per heavy atom. The fraction of sp³-hybridized carbons (Fsp3) is 0.667. The zero-order chi connectivity index (χ0) is 15.5. The molecule has 1 aliphatic heterocycles. The lowest BCUT2D eigenvalue weighted by atomic mass is 10.1. The summed E-state index contributed by atoms with van der Waals surface area (Å²) in [4.78, 5) is 13.8. The molecule has 1 aliphatic rings. The lowest BCUT2D eigenvalue weighted by Crippen LogP contribution is -2.35. The molecule has 6 nitrogen and oxygen atoms in total. The number of hydrogen-bond acceptors (Lipinski definition) is 5. The second kappa shape index (κ2) is 6.28. The van der Waals surface area contributed by atoms with Gasteiger partial charge in [0.2, 0.25) is 0 Å². The van der Waals surface area contributed by atoms with Crippen LogP contribution in [0.15, 0.2) is 12.1 Å². The van der Waals surface area contributed by atoms with Crippen LogP contribution in [0, 0.1) is 12.8 Å². The predicted molar refractivity (Wildman–Crippen MR) is 81.2 cm³/mol. The minimum atomic E-state index is -0.440. The third kappa shape index (κ3) is 4.88. The summed E-state index contributed by atoms with van der Waals surface area (Å²) in [6.07, 6.45) is 0.756. The summed E-state index contributed by atoms with van der Waals surface area (Å²) in [5, 5.41) is 11.4. The quantitative estimate of drug-likeness (QED) is 0.927. The average molecular weight is 292 g/mol. The van der Waals surface area contributed by atoms with Crippen LogP contribution in [-0.4, -0.2) is 46.4 Å². The van der Waals surface area contributed by atoms with E-state index in [1.54, 1.807) is 4.90 Å². The van der Waals surface area contributed by atoms with Crippen molar-refractivity contribution in [2.24, 2.45) is 5.92 Å². The molecule has 1 aromatic heterocycles. The van der Waals surface area contributed by atoms with Gasteiger partial charge in [-0.25, -0.2) is 4.79 Å². The maximum atomic E-state index is 12.0. The zero-order valence-electron chi connectivity index (χ0n) is 13.2. The number of aryl methyl sites for hydroxylation is 1. The Kier molecular flexibility index (Phi) is 4.65. The molecular weight excluding hydrogens is 268 g/mol. The highest BCUT2D eigenvalue weighted by Crippen LogP contribution is 2.19. The summed E-state index contributed by atoms with van der Waals surface area (Å²) in [7, 11) is 0. The predicted octanol–water partition coefficient (Wildman–Crippen LogP) is 2.45. The number of aromatic nitrogens is 2. The fourth-order valence-electron chi connectivity index (χ4n) is 2.23. The van der Waals surface area contributed by atoms with Crippen molar-refractivity contribution in [1.29, 1.82) is 0 Å². The summed E-state index contributed by atoms with van der Waals surface area (Å²) < 4.78 is 5.39. The highest BCUT2D eigenvalue weighted by molar-refractivity contribution is 5.68. The van der Waals surface area contributed by atoms with Gasteiger partial charge in [0.15, 0.2) is 0 Å². The minimum absolute atomic E-state index is 0.222. The number of carbonyl (C=O) groups excluding carboxylic acids is 1. The number of ether oxygens (including phenoxy) is 1. The molecule has 0 unspecified atom stereocenters. The van der Waals surface area contributed by atoms with Gasteiger partial charge in [0.1, 0.15) is 11.4 Å². The molecule has 1 fully saturated rings. The number of hydrogen-bond donors (Lipinski definition) is 1. The number of amides is 1. The molecule has 6 heteroatoms. The van der Waals surface area contributed by atoms with Crippen LogP contribution >= 0.6 is 0 Å². The zero-order valence-corrected chi connectivity index (χ0v) is 13.2. The van der Waals surface area contributed by atoms with Gasteiger partial charge >= 0.3 is 6.09 Å². The average Bonchev–Trinajstić information content (AvgIpc) is 2.85. The Bertz CT molecular complexity index is 481. The summed E-state index contributed by atoms with van der Waals surface area (Å²) in [5.74, 6) is 1.19. The summed E-state index contributed by atoms with van der Waals surface area (Å²) >= 11 is 0. The number of rotatable bonds is 3. The van der Waals surface area contributed by atoms with Crippen molar-refractivity contribution in [3.05, 3.63) is 17.8 Å². The molecule has 0 radical (unpaired) electrons. The van der Waals surface area contributed by atoms with Gasteiger partial charge < -0.3 is 15.0 Å². The molecule has 0 aromatic carbocycles. The molecule has 1 aromatic rings. The van der Waals surface area contributed by atoms with E-state index < -0.39 is 5.60 Å². The minimum Gasteiger partial charge on any atom is -0.444 e. The van der Waals surface area contributed by atoms with Gasteiger partial charge in [0.25, 0.3) is 0 Å². The van der Waals surface area contributed by atoms with Crippen molar-refractivity contribution in [2.45, 2.75) is 39.7 Å². The molecule has 1 amide bonds. The smallest absolute Gasteiger partial charge is 0.410 e. The highest BCUT2D eigenvalue weighted by Gasteiger charge is 2.29. The number of nitrogens with zero attached hydrogens (tertiary/aromatic N) is 3. The largest absolute Gasteiger partial charge is 0.444 e. The Labute approximate surface area is 125 Å². The third-order valence-corrected chi connectivity index (χ3v) is 3.31. The summed E-state index contributed by atoms with van der Waals surface area (Å²) in [6.45, 7) is 9.83. The van der Waals surface area contributed by atoms with E-state index in [9.17, 15) is 4.79 Å². The molecular formula is C15H24N4O2. The van der Waals surface area contributed by atoms with Gasteiger partial charge in [-0.05, 0) is 52.2 Å². The first kappa shape index (κ1) is 15.5. The molecule has 2 heterocycles. The third-order valence-electron chi connectivity index (χ3n) is 3.31. The standard InChI is InChI=1S/C15H24N4O2/c1-11-5-6-13(18-17-11)16-9-12-7-8-19(10-12)14(20)21-15(2,3)4/h5-6,12H,7-10H2,1-4H3,(H,16,18)/t12-/m1/s1. The van der Waals surface area contributed by atoms with Crippen LogP contribution in [0.2, 0.25) is 0 Å². The molecule has 1 atom stereocenters. The van der Waals surface area contributed by atoms with Crippen molar-refractivity contribution >= 4 is 11.9 Å². The molecule has 0 spiro atoms. The van der Waals surface area contributed by atoms with E-state index in [2.05, 4.69) is 15.5 Å². The number of anilines is 1. The van der Waals surface area contributed by atoms with Gasteiger partial charge in [0, 0.05) is 19.6 Å². The van der Waals surface area contributed by atoms with Crippen LogP contribution < -0.4 is 5.32 Å². The second-order valence-corrected chi connectivity index (χ2v) is 6.52. The lowest BCUT2D eigenvalue weighted by molar-refractivity contribution is 0.0289. The second-order valence-electron chi connectivity index (χ2n) is 6.52. The summed E-state index contributed by atoms with van der Waals surface area (Å²) in [6, 6.07) is 3.85. The fourth-order valence-corrected chi connectivity index (χ4v) is 2.23. The topological polar surface area (TPSA) is 67.4 Å². The highest BCUT2D eigenvalue weighted by atomic mass is 16.6. The van der Waals surface area contributed by atoms with Crippen LogP contribution in [0.1, 0.15) is 32.9 Å².